The van der Waals surface area contributed by atoms with Crippen molar-refractivity contribution in [2.75, 3.05) is 6.54 Å². The molecule has 1 saturated carbocycles. The smallest absolute Gasteiger partial charge is 0.271 e. The molecule has 1 fully saturated rings. The molecule has 1 aliphatic carbocycles. The van der Waals surface area contributed by atoms with Crippen molar-refractivity contribution in [3.63, 3.8) is 0 Å². The van der Waals surface area contributed by atoms with E-state index in [0.29, 0.717) is 18.2 Å². The van der Waals surface area contributed by atoms with Crippen LogP contribution < -0.4 is 5.32 Å². The van der Waals surface area contributed by atoms with Crippen LogP contribution in [-0.2, 0) is 7.05 Å². The molecule has 2 rings (SSSR count). The van der Waals surface area contributed by atoms with Gasteiger partial charge in [-0.2, -0.15) is 5.10 Å². The quantitative estimate of drug-likeness (QED) is 0.840. The third-order valence-corrected chi connectivity index (χ3v) is 3.86. The Bertz CT molecular complexity index is 391. The number of rotatable bonds is 3. The molecule has 1 aliphatic rings. The highest BCUT2D eigenvalue weighted by atomic mass is 35.5. The summed E-state index contributed by atoms with van der Waals surface area (Å²) in [5, 5.41) is 7.18. The summed E-state index contributed by atoms with van der Waals surface area (Å²) in [7, 11) is 1.80. The molecular formula is C12H18ClN3O. The van der Waals surface area contributed by atoms with E-state index in [1.165, 1.54) is 12.8 Å². The van der Waals surface area contributed by atoms with E-state index in [0.717, 1.165) is 12.8 Å². The fraction of sp³-hybridized carbons (Fsp3) is 0.667. The van der Waals surface area contributed by atoms with Gasteiger partial charge in [-0.05, 0) is 24.8 Å². The van der Waals surface area contributed by atoms with Crippen molar-refractivity contribution in [2.24, 2.45) is 13.0 Å². The number of halogens is 1. The van der Waals surface area contributed by atoms with Gasteiger partial charge in [-0.15, -0.1) is 11.6 Å². The minimum atomic E-state index is -0.111. The van der Waals surface area contributed by atoms with E-state index >= 15 is 0 Å². The zero-order valence-electron chi connectivity index (χ0n) is 10.0. The second-order valence-electron chi connectivity index (χ2n) is 4.65. The van der Waals surface area contributed by atoms with Crippen LogP contribution in [0.2, 0.25) is 0 Å². The summed E-state index contributed by atoms with van der Waals surface area (Å²) in [6.07, 6.45) is 6.36. The zero-order chi connectivity index (χ0) is 12.3. The number of carbonyl (C=O) groups is 1. The Morgan fingerprint density at radius 2 is 2.35 bits per heavy atom. The molecule has 0 saturated heterocycles. The highest BCUT2D eigenvalue weighted by Gasteiger charge is 2.23. The van der Waals surface area contributed by atoms with Gasteiger partial charge in [-0.3, -0.25) is 9.48 Å². The Morgan fingerprint density at radius 1 is 1.59 bits per heavy atom. The summed E-state index contributed by atoms with van der Waals surface area (Å²) in [6.45, 7) is 0.656. The van der Waals surface area contributed by atoms with Gasteiger partial charge >= 0.3 is 0 Å². The maximum Gasteiger partial charge on any atom is 0.271 e. The van der Waals surface area contributed by atoms with Crippen LogP contribution in [0.15, 0.2) is 12.3 Å². The number of alkyl halides is 1. The van der Waals surface area contributed by atoms with Crippen molar-refractivity contribution in [1.82, 2.24) is 15.1 Å². The van der Waals surface area contributed by atoms with Gasteiger partial charge in [0.1, 0.15) is 5.69 Å². The van der Waals surface area contributed by atoms with Crippen molar-refractivity contribution >= 4 is 17.5 Å². The van der Waals surface area contributed by atoms with Crippen LogP contribution in [0.1, 0.15) is 36.2 Å². The molecule has 5 heteroatoms. The average molecular weight is 256 g/mol. The van der Waals surface area contributed by atoms with Crippen molar-refractivity contribution in [3.8, 4) is 0 Å². The predicted molar refractivity (Wildman–Crippen MR) is 67.1 cm³/mol. The minimum absolute atomic E-state index is 0.111. The maximum atomic E-state index is 11.8. The largest absolute Gasteiger partial charge is 0.350 e. The molecule has 1 aromatic rings. The van der Waals surface area contributed by atoms with Crippen LogP contribution in [0, 0.1) is 5.92 Å². The topological polar surface area (TPSA) is 46.9 Å². The molecule has 0 bridgehead atoms. The number of nitrogens with one attached hydrogen (secondary N) is 1. The summed E-state index contributed by atoms with van der Waals surface area (Å²) in [4.78, 5) is 11.8. The Morgan fingerprint density at radius 3 is 3.00 bits per heavy atom. The summed E-state index contributed by atoms with van der Waals surface area (Å²) >= 11 is 6.25. The lowest BCUT2D eigenvalue weighted by molar-refractivity contribution is 0.0938. The second-order valence-corrected chi connectivity index (χ2v) is 5.21. The molecule has 0 radical (unpaired) electrons. The lowest BCUT2D eigenvalue weighted by Gasteiger charge is -2.26. The van der Waals surface area contributed by atoms with Gasteiger partial charge in [0.2, 0.25) is 0 Å². The molecule has 0 spiro atoms. The Balaban J connectivity index is 1.83. The monoisotopic (exact) mass is 255 g/mol. The first-order valence-corrected chi connectivity index (χ1v) is 6.52. The van der Waals surface area contributed by atoms with Gasteiger partial charge < -0.3 is 5.32 Å². The van der Waals surface area contributed by atoms with E-state index < -0.39 is 0 Å². The first kappa shape index (κ1) is 12.4. The Hall–Kier alpha value is -1.03. The van der Waals surface area contributed by atoms with Crippen LogP contribution in [0.4, 0.5) is 0 Å². The lowest BCUT2D eigenvalue weighted by atomic mass is 9.89. The number of carbonyl (C=O) groups excluding carboxylic acids is 1. The molecule has 0 aromatic carbocycles. The van der Waals surface area contributed by atoms with E-state index in [9.17, 15) is 4.79 Å². The standard InChI is InChI=1S/C12H18ClN3O/c1-16-7-6-11(15-16)12(17)14-8-9-4-2-3-5-10(9)13/h6-7,9-10H,2-5,8H2,1H3,(H,14,17). The van der Waals surface area contributed by atoms with Crippen molar-refractivity contribution in [1.29, 1.82) is 0 Å². The van der Waals surface area contributed by atoms with Gasteiger partial charge in [-0.25, -0.2) is 0 Å². The van der Waals surface area contributed by atoms with Crippen molar-refractivity contribution in [2.45, 2.75) is 31.1 Å². The fourth-order valence-electron chi connectivity index (χ4n) is 2.24. The summed E-state index contributed by atoms with van der Waals surface area (Å²) in [5.74, 6) is 0.290. The zero-order valence-corrected chi connectivity index (χ0v) is 10.8. The van der Waals surface area contributed by atoms with Gasteiger partial charge in [0.25, 0.3) is 5.91 Å². The minimum Gasteiger partial charge on any atom is -0.350 e. The van der Waals surface area contributed by atoms with Crippen LogP contribution in [0.3, 0.4) is 0 Å². The molecule has 2 atom stereocenters. The number of aryl methyl sites for hydroxylation is 1. The van der Waals surface area contributed by atoms with Gasteiger partial charge in [0, 0.05) is 25.2 Å². The molecule has 17 heavy (non-hydrogen) atoms. The summed E-state index contributed by atoms with van der Waals surface area (Å²) < 4.78 is 1.62. The molecule has 1 N–H and O–H groups in total. The van der Waals surface area contributed by atoms with Crippen molar-refractivity contribution < 1.29 is 4.79 Å². The van der Waals surface area contributed by atoms with E-state index in [1.807, 2.05) is 0 Å². The maximum absolute atomic E-state index is 11.8. The molecule has 1 aromatic heterocycles. The third-order valence-electron chi connectivity index (χ3n) is 3.29. The number of aromatic nitrogens is 2. The van der Waals surface area contributed by atoms with Crippen LogP contribution in [0.5, 0.6) is 0 Å². The predicted octanol–water partition coefficient (Wildman–Crippen LogP) is 1.95. The van der Waals surface area contributed by atoms with Crippen molar-refractivity contribution in [3.05, 3.63) is 18.0 Å². The normalized spacial score (nSPS) is 24.6. The Labute approximate surface area is 106 Å². The highest BCUT2D eigenvalue weighted by molar-refractivity contribution is 6.20. The molecule has 4 nitrogen and oxygen atoms in total. The number of hydrogen-bond donors (Lipinski definition) is 1. The summed E-state index contributed by atoms with van der Waals surface area (Å²) in [5.41, 5.74) is 0.467. The van der Waals surface area contributed by atoms with E-state index in [1.54, 1.807) is 24.0 Å². The van der Waals surface area contributed by atoms with Gasteiger partial charge in [0.15, 0.2) is 0 Å². The molecule has 2 unspecified atom stereocenters. The third kappa shape index (κ3) is 3.22. The fourth-order valence-corrected chi connectivity index (χ4v) is 2.61. The molecule has 0 aliphatic heterocycles. The van der Waals surface area contributed by atoms with Crippen LogP contribution in [-0.4, -0.2) is 27.6 Å². The van der Waals surface area contributed by atoms with E-state index in [2.05, 4.69) is 10.4 Å². The van der Waals surface area contributed by atoms with E-state index in [4.69, 9.17) is 11.6 Å². The van der Waals surface area contributed by atoms with E-state index in [-0.39, 0.29) is 11.3 Å². The first-order chi connectivity index (χ1) is 8.16. The Kier molecular flexibility index (Phi) is 4.05. The number of hydrogen-bond acceptors (Lipinski definition) is 2. The first-order valence-electron chi connectivity index (χ1n) is 6.09. The highest BCUT2D eigenvalue weighted by Crippen LogP contribution is 2.27. The number of nitrogens with zero attached hydrogens (tertiary/aromatic N) is 2. The van der Waals surface area contributed by atoms with Gasteiger partial charge in [-0.1, -0.05) is 12.8 Å². The molecule has 94 valence electrons. The second kappa shape index (κ2) is 5.54. The number of amides is 1. The summed E-state index contributed by atoms with van der Waals surface area (Å²) in [6, 6.07) is 1.72. The molecule has 1 amide bonds. The lowest BCUT2D eigenvalue weighted by Crippen LogP contribution is -2.34. The SMILES string of the molecule is Cn1ccc(C(=O)NCC2CCCCC2Cl)n1. The van der Waals surface area contributed by atoms with Gasteiger partial charge in [0.05, 0.1) is 0 Å². The average Bonchev–Trinajstić information content (AvgIpc) is 2.74. The van der Waals surface area contributed by atoms with Crippen LogP contribution in [0.25, 0.3) is 0 Å². The molecule has 1 heterocycles. The molecular weight excluding hydrogens is 238 g/mol. The van der Waals surface area contributed by atoms with Crippen LogP contribution >= 0.6 is 11.6 Å².